The highest BCUT2D eigenvalue weighted by molar-refractivity contribution is 5.72. The molecule has 64 heavy (non-hydrogen) atoms. The summed E-state index contributed by atoms with van der Waals surface area (Å²) in [5.41, 5.74) is 0. The summed E-state index contributed by atoms with van der Waals surface area (Å²) in [6.45, 7) is 4.54. The molecule has 1 N–H and O–H groups in total. The van der Waals surface area contributed by atoms with Crippen molar-refractivity contribution in [3.63, 3.8) is 0 Å². The van der Waals surface area contributed by atoms with Crippen LogP contribution in [-0.2, 0) is 28.6 Å². The molecule has 8 heteroatoms. The van der Waals surface area contributed by atoms with Gasteiger partial charge in [-0.25, -0.2) is 4.79 Å². The van der Waals surface area contributed by atoms with Crippen molar-refractivity contribution in [2.75, 3.05) is 41.0 Å². The lowest BCUT2D eigenvalue weighted by Gasteiger charge is -2.31. The maximum absolute atomic E-state index is 12.7. The molecule has 0 bridgehead atoms. The van der Waals surface area contributed by atoms with E-state index in [1.807, 2.05) is 33.3 Å². The summed E-state index contributed by atoms with van der Waals surface area (Å²) in [6, 6.07) is -0.633. The van der Waals surface area contributed by atoms with Crippen molar-refractivity contribution < 1.29 is 38.2 Å². The molecular weight excluding hydrogens is 799 g/mol. The lowest BCUT2D eigenvalue weighted by molar-refractivity contribution is -0.887. The maximum atomic E-state index is 12.7. The SMILES string of the molecule is CC/C=C/C/C=C/C/C=C/C/C=C/C/C=C/C/C=C/CCC(=O)OC(COCCC(C(=O)O)[N+](C)(C)C)COC(=O)CCCCCCCCC/C=C/CCCCCCCCCCCC. The molecule has 0 aliphatic carbocycles. The molecule has 366 valence electrons. The number of unbranched alkanes of at least 4 members (excludes halogenated alkanes) is 17. The number of aliphatic carboxylic acids is 1. The zero-order chi connectivity index (χ0) is 47.0. The number of carbonyl (C=O) groups is 3. The van der Waals surface area contributed by atoms with Crippen LogP contribution in [0.1, 0.15) is 200 Å². The van der Waals surface area contributed by atoms with E-state index in [1.54, 1.807) is 0 Å². The molecule has 0 saturated carbocycles. The van der Waals surface area contributed by atoms with E-state index in [-0.39, 0.29) is 42.7 Å². The number of hydrogen-bond donors (Lipinski definition) is 1. The van der Waals surface area contributed by atoms with Gasteiger partial charge in [0, 0.05) is 19.3 Å². The van der Waals surface area contributed by atoms with Crippen molar-refractivity contribution in [1.29, 1.82) is 0 Å². The van der Waals surface area contributed by atoms with Gasteiger partial charge in [-0.05, 0) is 77.0 Å². The second-order valence-corrected chi connectivity index (χ2v) is 18.0. The Kier molecular flexibility index (Phi) is 43.5. The van der Waals surface area contributed by atoms with Crippen LogP contribution in [0.25, 0.3) is 0 Å². The molecule has 0 fully saturated rings. The topological polar surface area (TPSA) is 99.1 Å². The molecule has 0 spiro atoms. The zero-order valence-electron chi connectivity index (χ0n) is 41.7. The van der Waals surface area contributed by atoms with Crippen LogP contribution < -0.4 is 0 Å². The molecule has 0 amide bonds. The number of nitrogens with zero attached hydrogens (tertiary/aromatic N) is 1. The van der Waals surface area contributed by atoms with E-state index in [0.717, 1.165) is 57.8 Å². The molecule has 0 radical (unpaired) electrons. The van der Waals surface area contributed by atoms with Gasteiger partial charge in [-0.15, -0.1) is 0 Å². The molecule has 0 aromatic carbocycles. The van der Waals surface area contributed by atoms with Crippen LogP contribution >= 0.6 is 0 Å². The van der Waals surface area contributed by atoms with Gasteiger partial charge in [-0.2, -0.15) is 0 Å². The summed E-state index contributed by atoms with van der Waals surface area (Å²) >= 11 is 0. The lowest BCUT2D eigenvalue weighted by atomic mass is 10.1. The van der Waals surface area contributed by atoms with Crippen molar-refractivity contribution in [2.45, 2.75) is 212 Å². The zero-order valence-corrected chi connectivity index (χ0v) is 41.7. The quantitative estimate of drug-likeness (QED) is 0.0281. The number of carbonyl (C=O) groups excluding carboxylic acids is 2. The van der Waals surface area contributed by atoms with Gasteiger partial charge in [0.25, 0.3) is 0 Å². The third kappa shape index (κ3) is 43.7. The largest absolute Gasteiger partial charge is 0.477 e. The average Bonchev–Trinajstić information content (AvgIpc) is 3.26. The highest BCUT2D eigenvalue weighted by Gasteiger charge is 2.31. The van der Waals surface area contributed by atoms with Gasteiger partial charge in [0.1, 0.15) is 6.61 Å². The van der Waals surface area contributed by atoms with E-state index in [0.29, 0.717) is 19.3 Å². The molecule has 0 heterocycles. The molecule has 0 rings (SSSR count). The molecule has 0 aliphatic heterocycles. The Balaban J connectivity index is 4.37. The molecule has 2 atom stereocenters. The number of quaternary nitrogens is 1. The van der Waals surface area contributed by atoms with Crippen molar-refractivity contribution in [2.24, 2.45) is 0 Å². The summed E-state index contributed by atoms with van der Waals surface area (Å²) in [4.78, 5) is 37.1. The number of hydrogen-bond acceptors (Lipinski definition) is 6. The third-order valence-electron chi connectivity index (χ3n) is 11.0. The first kappa shape index (κ1) is 60.5. The fourth-order valence-electron chi connectivity index (χ4n) is 7.11. The fourth-order valence-corrected chi connectivity index (χ4v) is 7.11. The second-order valence-electron chi connectivity index (χ2n) is 18.0. The Labute approximate surface area is 393 Å². The fraction of sp³-hybridized carbons (Fsp3) is 0.696. The van der Waals surface area contributed by atoms with Crippen LogP contribution in [0.5, 0.6) is 0 Å². The van der Waals surface area contributed by atoms with Crippen LogP contribution in [0.2, 0.25) is 0 Å². The number of esters is 2. The Hall–Kier alpha value is -3.49. The van der Waals surface area contributed by atoms with E-state index in [9.17, 15) is 19.5 Å². The summed E-state index contributed by atoms with van der Waals surface area (Å²) in [7, 11) is 5.50. The van der Waals surface area contributed by atoms with Crippen LogP contribution in [0.4, 0.5) is 0 Å². The Morgan fingerprint density at radius 2 is 0.906 bits per heavy atom. The number of carboxylic acid groups (broad SMARTS) is 1. The van der Waals surface area contributed by atoms with E-state index in [4.69, 9.17) is 14.2 Å². The van der Waals surface area contributed by atoms with E-state index < -0.39 is 18.1 Å². The molecule has 2 unspecified atom stereocenters. The van der Waals surface area contributed by atoms with Crippen molar-refractivity contribution >= 4 is 17.9 Å². The Morgan fingerprint density at radius 1 is 0.484 bits per heavy atom. The van der Waals surface area contributed by atoms with Crippen LogP contribution in [0.3, 0.4) is 0 Å². The predicted molar refractivity (Wildman–Crippen MR) is 270 cm³/mol. The van der Waals surface area contributed by atoms with Crippen molar-refractivity contribution in [3.05, 3.63) is 85.1 Å². The lowest BCUT2D eigenvalue weighted by Crippen LogP contribution is -2.50. The first-order valence-electron chi connectivity index (χ1n) is 25.6. The van der Waals surface area contributed by atoms with E-state index in [2.05, 4.69) is 86.8 Å². The second kappa shape index (κ2) is 46.1. The van der Waals surface area contributed by atoms with Gasteiger partial charge in [0.05, 0.1) is 34.4 Å². The highest BCUT2D eigenvalue weighted by atomic mass is 16.6. The van der Waals surface area contributed by atoms with E-state index in [1.165, 1.54) is 103 Å². The van der Waals surface area contributed by atoms with Crippen LogP contribution in [-0.4, -0.2) is 80.6 Å². The summed E-state index contributed by atoms with van der Waals surface area (Å²) in [6.07, 6.45) is 60.8. The van der Waals surface area contributed by atoms with Gasteiger partial charge in [0.15, 0.2) is 12.1 Å². The maximum Gasteiger partial charge on any atom is 0.362 e. The smallest absolute Gasteiger partial charge is 0.362 e. The normalized spacial score (nSPS) is 13.6. The Bertz CT molecular complexity index is 1320. The number of allylic oxidation sites excluding steroid dienone is 14. The van der Waals surface area contributed by atoms with Crippen molar-refractivity contribution in [3.8, 4) is 0 Å². The number of carboxylic acids is 1. The van der Waals surface area contributed by atoms with Gasteiger partial charge in [0.2, 0.25) is 0 Å². The first-order valence-corrected chi connectivity index (χ1v) is 25.6. The minimum Gasteiger partial charge on any atom is -0.477 e. The Morgan fingerprint density at radius 3 is 1.36 bits per heavy atom. The molecule has 0 aromatic heterocycles. The predicted octanol–water partition coefficient (Wildman–Crippen LogP) is 14.9. The van der Waals surface area contributed by atoms with Gasteiger partial charge < -0.3 is 23.8 Å². The van der Waals surface area contributed by atoms with Crippen molar-refractivity contribution in [1.82, 2.24) is 0 Å². The summed E-state index contributed by atoms with van der Waals surface area (Å²) < 4.78 is 17.3. The average molecular weight is 895 g/mol. The number of ether oxygens (including phenoxy) is 3. The summed E-state index contributed by atoms with van der Waals surface area (Å²) in [5.74, 6) is -1.58. The number of likely N-dealkylation sites (N-methyl/N-ethyl adjacent to an activating group) is 1. The molecule has 0 aliphatic rings. The standard InChI is InChI=1S/C56H95NO7/c1-6-8-10-12-14-16-18-20-22-24-26-27-29-30-32-34-36-38-40-42-44-46-54(58)63-51-52(50-62-49-48-53(56(60)61)57(3,4)5)64-55(59)47-45-43-41-39-37-35-33-31-28-25-23-21-19-17-15-13-11-9-7-2/h9,11,15,17,21,23,27-29,31,35,37,41,43,52-53H,6-8,10,12-14,16,18-20,22,24-26,30,32-34,36,38-40,42,44-51H2,1-5H3/p+1/b11-9+,17-15+,23-21+,29-27+,31-28+,37-35+,43-41+. The van der Waals surface area contributed by atoms with E-state index >= 15 is 0 Å². The monoisotopic (exact) mass is 895 g/mol. The number of rotatable bonds is 45. The van der Waals surface area contributed by atoms with Gasteiger partial charge in [-0.3, -0.25) is 9.59 Å². The van der Waals surface area contributed by atoms with Crippen LogP contribution in [0.15, 0.2) is 85.1 Å². The van der Waals surface area contributed by atoms with Crippen LogP contribution in [0, 0.1) is 0 Å². The third-order valence-corrected chi connectivity index (χ3v) is 11.0. The molecule has 0 aromatic rings. The highest BCUT2D eigenvalue weighted by Crippen LogP contribution is 2.14. The minimum absolute atomic E-state index is 0.0254. The minimum atomic E-state index is -0.889. The molecule has 8 nitrogen and oxygen atoms in total. The first-order chi connectivity index (χ1) is 31.1. The summed E-state index contributed by atoms with van der Waals surface area (Å²) in [5, 5.41) is 9.65. The van der Waals surface area contributed by atoms with Gasteiger partial charge >= 0.3 is 17.9 Å². The van der Waals surface area contributed by atoms with Gasteiger partial charge in [-0.1, -0.05) is 189 Å². The molecule has 0 saturated heterocycles. The molecular formula is C56H96NO7+.